The molecule has 0 atom stereocenters. The second-order valence-corrected chi connectivity index (χ2v) is 11.0. The molecule has 0 aliphatic carbocycles. The van der Waals surface area contributed by atoms with Gasteiger partial charge in [0.2, 0.25) is 0 Å². The highest BCUT2D eigenvalue weighted by atomic mass is 16.3. The maximum absolute atomic E-state index is 6.58. The normalized spacial score (nSPS) is 12.0. The van der Waals surface area contributed by atoms with E-state index in [4.69, 9.17) is 10.2 Å². The Morgan fingerprint density at radius 3 is 1.82 bits per heavy atom. The minimum absolute atomic E-state index is 0.772. The molecule has 0 radical (unpaired) electrons. The lowest BCUT2D eigenvalue weighted by Crippen LogP contribution is -1.93. The number of nitrogens with two attached hydrogens (primary N) is 1. The van der Waals surface area contributed by atoms with Crippen molar-refractivity contribution in [1.82, 2.24) is 0 Å². The third-order valence-electron chi connectivity index (χ3n) is 8.60. The fourth-order valence-corrected chi connectivity index (χ4v) is 6.65. The first-order valence-corrected chi connectivity index (χ1v) is 15.7. The van der Waals surface area contributed by atoms with Gasteiger partial charge in [0.15, 0.2) is 0 Å². The minimum Gasteiger partial charge on any atom is -0.455 e. The largest absolute Gasteiger partial charge is 0.455 e. The summed E-state index contributed by atoms with van der Waals surface area (Å²) >= 11 is 0. The molecular weight excluding hydrogens is 546 g/mol. The molecule has 0 spiro atoms. The Bertz CT molecular complexity index is 2320. The van der Waals surface area contributed by atoms with Gasteiger partial charge in [0.05, 0.1) is 0 Å². The number of para-hydroxylation sites is 1. The lowest BCUT2D eigenvalue weighted by Gasteiger charge is -2.16. The molecule has 0 amide bonds. The van der Waals surface area contributed by atoms with Crippen LogP contribution in [0.15, 0.2) is 156 Å². The lowest BCUT2D eigenvalue weighted by atomic mass is 9.87. The maximum Gasteiger partial charge on any atom is 0.143 e. The van der Waals surface area contributed by atoms with E-state index in [0.717, 1.165) is 44.9 Å². The van der Waals surface area contributed by atoms with Crippen LogP contribution in [0.3, 0.4) is 0 Å². The van der Waals surface area contributed by atoms with Crippen molar-refractivity contribution >= 4 is 59.8 Å². The summed E-state index contributed by atoms with van der Waals surface area (Å²) in [5, 5.41) is 9.58. The average Bonchev–Trinajstić information content (AvgIpc) is 3.51. The highest BCUT2D eigenvalue weighted by Crippen LogP contribution is 2.40. The van der Waals surface area contributed by atoms with Crippen molar-refractivity contribution in [2.24, 2.45) is 5.73 Å². The molecule has 8 aromatic rings. The second-order valence-electron chi connectivity index (χ2n) is 11.0. The van der Waals surface area contributed by atoms with E-state index >= 15 is 0 Å². The van der Waals surface area contributed by atoms with E-state index in [1.165, 1.54) is 43.6 Å². The fraction of sp³-hybridized carbons (Fsp3) is 0.0698. The molecule has 0 fully saturated rings. The Morgan fingerprint density at radius 2 is 1.13 bits per heavy atom. The summed E-state index contributed by atoms with van der Waals surface area (Å²) in [4.78, 5) is 0. The zero-order valence-corrected chi connectivity index (χ0v) is 25.6. The van der Waals surface area contributed by atoms with Gasteiger partial charge in [0.25, 0.3) is 0 Å². The van der Waals surface area contributed by atoms with Crippen molar-refractivity contribution in [3.05, 3.63) is 163 Å². The number of allylic oxidation sites excluding steroid dienone is 3. The van der Waals surface area contributed by atoms with Gasteiger partial charge in [-0.25, -0.2) is 0 Å². The van der Waals surface area contributed by atoms with Crippen LogP contribution in [0.2, 0.25) is 0 Å². The molecular formula is C43H35NO. The third-order valence-corrected chi connectivity index (χ3v) is 8.60. The molecule has 0 unspecified atom stereocenters. The Labute approximate surface area is 263 Å². The zero-order valence-electron chi connectivity index (χ0n) is 25.6. The van der Waals surface area contributed by atoms with Crippen molar-refractivity contribution in [2.45, 2.75) is 20.3 Å². The number of furan rings is 1. The average molecular weight is 582 g/mol. The first-order chi connectivity index (χ1) is 22.3. The van der Waals surface area contributed by atoms with Crippen LogP contribution in [-0.2, 0) is 6.42 Å². The van der Waals surface area contributed by atoms with Gasteiger partial charge in [-0.15, -0.1) is 0 Å². The molecule has 7 aromatic carbocycles. The van der Waals surface area contributed by atoms with E-state index in [0.29, 0.717) is 0 Å². The summed E-state index contributed by atoms with van der Waals surface area (Å²) in [6.07, 6.45) is 6.82. The summed E-state index contributed by atoms with van der Waals surface area (Å²) in [7, 11) is 0. The summed E-state index contributed by atoms with van der Waals surface area (Å²) in [6.45, 7) is 4.00. The monoisotopic (exact) mass is 581 g/mol. The van der Waals surface area contributed by atoms with Gasteiger partial charge >= 0.3 is 0 Å². The van der Waals surface area contributed by atoms with Crippen LogP contribution < -0.4 is 5.73 Å². The first-order valence-electron chi connectivity index (χ1n) is 15.7. The van der Waals surface area contributed by atoms with Crippen molar-refractivity contribution in [1.29, 1.82) is 0 Å². The molecule has 0 aliphatic rings. The number of rotatable bonds is 5. The smallest absolute Gasteiger partial charge is 0.143 e. The van der Waals surface area contributed by atoms with E-state index < -0.39 is 0 Å². The highest BCUT2D eigenvalue weighted by Gasteiger charge is 2.16. The van der Waals surface area contributed by atoms with Crippen LogP contribution >= 0.6 is 0 Å². The molecule has 45 heavy (non-hydrogen) atoms. The third kappa shape index (κ3) is 4.85. The van der Waals surface area contributed by atoms with E-state index in [9.17, 15) is 0 Å². The van der Waals surface area contributed by atoms with E-state index in [1.54, 1.807) is 6.20 Å². The fourth-order valence-electron chi connectivity index (χ4n) is 6.65. The number of benzene rings is 7. The Morgan fingerprint density at radius 1 is 0.556 bits per heavy atom. The second kappa shape index (κ2) is 12.2. The molecule has 2 heteroatoms. The van der Waals surface area contributed by atoms with Crippen LogP contribution in [0.5, 0.6) is 0 Å². The van der Waals surface area contributed by atoms with E-state index in [1.807, 2.05) is 13.8 Å². The number of hydrogen-bond donors (Lipinski definition) is 1. The van der Waals surface area contributed by atoms with Gasteiger partial charge < -0.3 is 10.2 Å². The van der Waals surface area contributed by atoms with Crippen molar-refractivity contribution < 1.29 is 4.42 Å². The molecule has 1 aromatic heterocycles. The Balaban J connectivity index is 0.00000160. The van der Waals surface area contributed by atoms with Crippen LogP contribution in [0.25, 0.3) is 71.0 Å². The van der Waals surface area contributed by atoms with Crippen molar-refractivity contribution in [3.8, 4) is 11.1 Å². The Hall–Kier alpha value is -5.60. The van der Waals surface area contributed by atoms with Gasteiger partial charge in [0.1, 0.15) is 11.2 Å². The quantitative estimate of drug-likeness (QED) is 0.162. The molecule has 1 heterocycles. The van der Waals surface area contributed by atoms with Crippen LogP contribution in [0.4, 0.5) is 0 Å². The number of hydrogen-bond acceptors (Lipinski definition) is 2. The van der Waals surface area contributed by atoms with E-state index in [-0.39, 0.29) is 0 Å². The van der Waals surface area contributed by atoms with Gasteiger partial charge in [-0.2, -0.15) is 0 Å². The molecule has 2 nitrogen and oxygen atoms in total. The molecule has 2 N–H and O–H groups in total. The van der Waals surface area contributed by atoms with Gasteiger partial charge in [0, 0.05) is 33.5 Å². The predicted molar refractivity (Wildman–Crippen MR) is 194 cm³/mol. The van der Waals surface area contributed by atoms with E-state index in [2.05, 4.69) is 146 Å². The molecule has 0 bridgehead atoms. The van der Waals surface area contributed by atoms with Crippen LogP contribution in [0, 0.1) is 0 Å². The first kappa shape index (κ1) is 28.2. The van der Waals surface area contributed by atoms with Gasteiger partial charge in [-0.05, 0) is 56.1 Å². The molecule has 0 saturated carbocycles. The SMILES string of the molecule is CC.N/C=C(\C=C/Cc1c2ccccc2c(-c2ccccc2)c2ccccc12)c1cccc2c1oc1c3ccccc3ccc21. The standard InChI is InChI=1S/C41H29NO.C2H6/c42-26-29(31-21-11-23-37-38-25-24-27-12-4-5-16-30(27)40(38)43-41(31)37)15-10-22-32-33-17-6-8-19-35(33)39(28-13-2-1-3-14-28)36-20-9-7-18-34(32)36;1-2/h1-21,23-26H,22,42H2;1-2H3/b15-10-,29-26+;. The Kier molecular flexibility index (Phi) is 7.63. The highest BCUT2D eigenvalue weighted by molar-refractivity contribution is 6.17. The van der Waals surface area contributed by atoms with Crippen LogP contribution in [0.1, 0.15) is 25.0 Å². The molecule has 0 aliphatic heterocycles. The molecule has 8 rings (SSSR count). The molecule has 218 valence electrons. The van der Waals surface area contributed by atoms with Gasteiger partial charge in [-0.1, -0.05) is 153 Å². The zero-order chi connectivity index (χ0) is 30.8. The van der Waals surface area contributed by atoms with Crippen molar-refractivity contribution in [2.75, 3.05) is 0 Å². The van der Waals surface area contributed by atoms with Crippen LogP contribution in [-0.4, -0.2) is 0 Å². The summed E-state index contributed by atoms with van der Waals surface area (Å²) in [5.74, 6) is 0. The lowest BCUT2D eigenvalue weighted by molar-refractivity contribution is 0.671. The predicted octanol–water partition coefficient (Wildman–Crippen LogP) is 11.8. The molecule has 0 saturated heterocycles. The van der Waals surface area contributed by atoms with Crippen molar-refractivity contribution in [3.63, 3.8) is 0 Å². The summed E-state index contributed by atoms with van der Waals surface area (Å²) < 4.78 is 6.58. The maximum atomic E-state index is 6.58. The minimum atomic E-state index is 0.772. The van der Waals surface area contributed by atoms with Gasteiger partial charge in [-0.3, -0.25) is 0 Å². The number of fused-ring (bicyclic) bond motifs is 7. The topological polar surface area (TPSA) is 39.2 Å². The summed E-state index contributed by atoms with van der Waals surface area (Å²) in [5.41, 5.74) is 13.8. The summed E-state index contributed by atoms with van der Waals surface area (Å²) in [6, 6.07) is 47.2.